The van der Waals surface area contributed by atoms with Crippen LogP contribution in [0.25, 0.3) is 11.1 Å². The Morgan fingerprint density at radius 1 is 1.12 bits per heavy atom. The molecule has 174 valence electrons. The predicted octanol–water partition coefficient (Wildman–Crippen LogP) is 1.83. The fourth-order valence-corrected chi connectivity index (χ4v) is 3.50. The molecule has 1 amide bonds. The predicted molar refractivity (Wildman–Crippen MR) is 103 cm³/mol. The van der Waals surface area contributed by atoms with Gasteiger partial charge in [0.15, 0.2) is 0 Å². The van der Waals surface area contributed by atoms with Gasteiger partial charge < -0.3 is 30.1 Å². The van der Waals surface area contributed by atoms with Crippen molar-refractivity contribution >= 4 is 5.91 Å². The molecule has 5 atom stereocenters. The molecule has 1 fully saturated rings. The van der Waals surface area contributed by atoms with Crippen molar-refractivity contribution in [3.63, 3.8) is 0 Å². The zero-order chi connectivity index (χ0) is 23.6. The first-order valence-electron chi connectivity index (χ1n) is 9.56. The lowest BCUT2D eigenvalue weighted by Crippen LogP contribution is -2.65. The van der Waals surface area contributed by atoms with Gasteiger partial charge in [-0.3, -0.25) is 4.79 Å². The normalized spacial score (nSPS) is 25.9. The van der Waals surface area contributed by atoms with Gasteiger partial charge >= 0.3 is 6.18 Å². The van der Waals surface area contributed by atoms with E-state index in [1.165, 1.54) is 12.1 Å². The number of carbonyl (C=O) groups excluding carboxylic acids is 1. The second-order valence-electron chi connectivity index (χ2n) is 7.21. The Labute approximate surface area is 180 Å². The van der Waals surface area contributed by atoms with Crippen LogP contribution < -0.4 is 10.1 Å². The molecule has 0 spiro atoms. The Hall–Kier alpha value is -2.73. The largest absolute Gasteiger partial charge is 0.462 e. The molecule has 1 aliphatic rings. The lowest BCUT2D eigenvalue weighted by Gasteiger charge is -2.42. The maximum absolute atomic E-state index is 14.5. The van der Waals surface area contributed by atoms with Crippen LogP contribution in [0, 0.1) is 5.82 Å². The molecule has 1 heterocycles. The van der Waals surface area contributed by atoms with Crippen LogP contribution in [-0.4, -0.2) is 58.5 Å². The van der Waals surface area contributed by atoms with E-state index in [1.54, 1.807) is 0 Å². The van der Waals surface area contributed by atoms with E-state index in [0.29, 0.717) is 0 Å². The highest BCUT2D eigenvalue weighted by atomic mass is 19.4. The molecule has 1 saturated heterocycles. The Kier molecular flexibility index (Phi) is 7.03. The van der Waals surface area contributed by atoms with E-state index in [-0.39, 0.29) is 5.56 Å². The smallest absolute Gasteiger partial charge is 0.417 e. The van der Waals surface area contributed by atoms with Crippen molar-refractivity contribution in [1.29, 1.82) is 0 Å². The van der Waals surface area contributed by atoms with E-state index in [4.69, 9.17) is 9.47 Å². The van der Waals surface area contributed by atoms with Crippen molar-refractivity contribution in [1.82, 2.24) is 5.32 Å². The molecule has 7 nitrogen and oxygen atoms in total. The summed E-state index contributed by atoms with van der Waals surface area (Å²) in [6, 6.07) is 6.37. The van der Waals surface area contributed by atoms with E-state index in [9.17, 15) is 37.7 Å². The Balaban J connectivity index is 2.10. The van der Waals surface area contributed by atoms with Gasteiger partial charge in [-0.05, 0) is 18.2 Å². The molecule has 0 aliphatic carbocycles. The Morgan fingerprint density at radius 2 is 1.81 bits per heavy atom. The molecule has 11 heteroatoms. The molecular weight excluding hydrogens is 438 g/mol. The number of nitrogens with one attached hydrogen (secondary N) is 1. The number of aliphatic hydroxyl groups excluding tert-OH is 3. The topological polar surface area (TPSA) is 108 Å². The third-order valence-electron chi connectivity index (χ3n) is 4.97. The Bertz CT molecular complexity index is 970. The molecule has 0 aromatic heterocycles. The number of halogens is 4. The number of hydrogen-bond acceptors (Lipinski definition) is 6. The fourth-order valence-electron chi connectivity index (χ4n) is 3.50. The summed E-state index contributed by atoms with van der Waals surface area (Å²) >= 11 is 0. The molecule has 0 unspecified atom stereocenters. The lowest BCUT2D eigenvalue weighted by molar-refractivity contribution is -0.244. The number of ether oxygens (including phenoxy) is 2. The van der Waals surface area contributed by atoms with E-state index < -0.39 is 72.0 Å². The standard InChI is InChI=1S/C21H21F4NO6/c1-10(28)26-17-19(30)18(29)15(9-27)32-20(17)31-14-8-4-6-12(21(23,24)25)16(14)11-5-2-3-7-13(11)22/h2-8,15,17-20,27,29-30H,9H2,1H3,(H,26,28)/t15-,17-,18+,19-,20-/m1/s1. The van der Waals surface area contributed by atoms with E-state index in [2.05, 4.69) is 5.32 Å². The number of rotatable bonds is 5. The molecule has 4 N–H and O–H groups in total. The van der Waals surface area contributed by atoms with Gasteiger partial charge in [-0.2, -0.15) is 13.2 Å². The van der Waals surface area contributed by atoms with Crippen LogP contribution in [0.4, 0.5) is 17.6 Å². The van der Waals surface area contributed by atoms with Gasteiger partial charge in [-0.1, -0.05) is 24.3 Å². The average molecular weight is 459 g/mol. The van der Waals surface area contributed by atoms with Crippen molar-refractivity contribution < 1.29 is 47.1 Å². The molecule has 2 aromatic carbocycles. The van der Waals surface area contributed by atoms with Crippen molar-refractivity contribution in [3.05, 3.63) is 53.8 Å². The van der Waals surface area contributed by atoms with Gasteiger partial charge in [-0.25, -0.2) is 4.39 Å². The Morgan fingerprint density at radius 3 is 2.41 bits per heavy atom. The minimum atomic E-state index is -4.86. The number of benzene rings is 2. The fraction of sp³-hybridized carbons (Fsp3) is 0.381. The summed E-state index contributed by atoms with van der Waals surface area (Å²) in [5.41, 5.74) is -2.17. The van der Waals surface area contributed by atoms with Crippen LogP contribution in [-0.2, 0) is 15.7 Å². The van der Waals surface area contributed by atoms with Gasteiger partial charge in [0.2, 0.25) is 12.2 Å². The summed E-state index contributed by atoms with van der Waals surface area (Å²) in [5.74, 6) is -2.01. The SMILES string of the molecule is CC(=O)N[C@H]1[C@H](Oc2cccc(C(F)(F)F)c2-c2ccccc2F)O[C@H](CO)[C@H](O)[C@@H]1O. The summed E-state index contributed by atoms with van der Waals surface area (Å²) in [6.45, 7) is 0.372. The monoisotopic (exact) mass is 459 g/mol. The van der Waals surface area contributed by atoms with Crippen molar-refractivity contribution in [2.24, 2.45) is 0 Å². The third-order valence-corrected chi connectivity index (χ3v) is 4.97. The van der Waals surface area contributed by atoms with Crippen LogP contribution >= 0.6 is 0 Å². The highest BCUT2D eigenvalue weighted by Gasteiger charge is 2.46. The molecule has 0 bridgehead atoms. The maximum Gasteiger partial charge on any atom is 0.417 e. The van der Waals surface area contributed by atoms with Gasteiger partial charge in [0.05, 0.1) is 12.2 Å². The minimum absolute atomic E-state index is 0.387. The van der Waals surface area contributed by atoms with E-state index in [1.807, 2.05) is 0 Å². The van der Waals surface area contributed by atoms with Gasteiger partial charge in [0.1, 0.15) is 35.9 Å². The van der Waals surface area contributed by atoms with Crippen molar-refractivity contribution in [3.8, 4) is 16.9 Å². The molecule has 0 saturated carbocycles. The summed E-state index contributed by atoms with van der Waals surface area (Å²) in [7, 11) is 0. The van der Waals surface area contributed by atoms with Crippen molar-refractivity contribution in [2.75, 3.05) is 6.61 Å². The zero-order valence-electron chi connectivity index (χ0n) is 16.7. The average Bonchev–Trinajstić information content (AvgIpc) is 2.73. The third kappa shape index (κ3) is 4.85. The first-order valence-corrected chi connectivity index (χ1v) is 9.56. The summed E-state index contributed by atoms with van der Waals surface area (Å²) in [5, 5.41) is 32.2. The van der Waals surface area contributed by atoms with Crippen molar-refractivity contribution in [2.45, 2.75) is 43.7 Å². The molecule has 3 rings (SSSR count). The zero-order valence-corrected chi connectivity index (χ0v) is 16.7. The summed E-state index contributed by atoms with van der Waals surface area (Å²) < 4.78 is 66.7. The molecular formula is C21H21F4NO6. The highest BCUT2D eigenvalue weighted by Crippen LogP contribution is 2.43. The van der Waals surface area contributed by atoms with E-state index >= 15 is 0 Å². The van der Waals surface area contributed by atoms with Crippen LogP contribution in [0.2, 0.25) is 0 Å². The van der Waals surface area contributed by atoms with Gasteiger partial charge in [-0.15, -0.1) is 0 Å². The molecule has 0 radical (unpaired) electrons. The summed E-state index contributed by atoms with van der Waals surface area (Å²) in [6.07, 6.45) is -11.1. The highest BCUT2D eigenvalue weighted by molar-refractivity contribution is 5.75. The number of amides is 1. The van der Waals surface area contributed by atoms with Crippen LogP contribution in [0.3, 0.4) is 0 Å². The first-order chi connectivity index (χ1) is 15.0. The van der Waals surface area contributed by atoms with Crippen LogP contribution in [0.1, 0.15) is 12.5 Å². The maximum atomic E-state index is 14.5. The van der Waals surface area contributed by atoms with Crippen LogP contribution in [0.15, 0.2) is 42.5 Å². The molecule has 32 heavy (non-hydrogen) atoms. The van der Waals surface area contributed by atoms with E-state index in [0.717, 1.165) is 37.3 Å². The minimum Gasteiger partial charge on any atom is -0.462 e. The first kappa shape index (κ1) is 23.9. The second kappa shape index (κ2) is 9.41. The molecule has 2 aromatic rings. The number of alkyl halides is 3. The van der Waals surface area contributed by atoms with Gasteiger partial charge in [0.25, 0.3) is 0 Å². The second-order valence-corrected chi connectivity index (χ2v) is 7.21. The number of carbonyl (C=O) groups is 1. The van der Waals surface area contributed by atoms with Crippen LogP contribution in [0.5, 0.6) is 5.75 Å². The quantitative estimate of drug-likeness (QED) is 0.509. The summed E-state index contributed by atoms with van der Waals surface area (Å²) in [4.78, 5) is 11.6. The lowest BCUT2D eigenvalue weighted by atomic mass is 9.96. The number of aliphatic hydroxyl groups is 3. The number of hydrogen-bond donors (Lipinski definition) is 4. The van der Waals surface area contributed by atoms with Gasteiger partial charge in [0, 0.05) is 18.1 Å². The molecule has 1 aliphatic heterocycles.